The van der Waals surface area contributed by atoms with E-state index in [-0.39, 0.29) is 0 Å². The van der Waals surface area contributed by atoms with Crippen LogP contribution >= 0.6 is 0 Å². The van der Waals surface area contributed by atoms with Crippen LogP contribution in [0.4, 0.5) is 0 Å². The van der Waals surface area contributed by atoms with Gasteiger partial charge in [-0.25, -0.2) is 0 Å². The number of rotatable bonds is 5. The monoisotopic (exact) mass is 245 g/mol. The van der Waals surface area contributed by atoms with Crippen LogP contribution in [0.25, 0.3) is 0 Å². The molecule has 1 aliphatic rings. The molecule has 0 amide bonds. The summed E-state index contributed by atoms with van der Waals surface area (Å²) >= 11 is 0. The first-order valence-corrected chi connectivity index (χ1v) is 8.01. The van der Waals surface area contributed by atoms with Gasteiger partial charge in [-0.3, -0.25) is 4.21 Å². The fourth-order valence-corrected chi connectivity index (χ4v) is 4.69. The van der Waals surface area contributed by atoms with Crippen molar-refractivity contribution < 1.29 is 4.21 Å². The minimum absolute atomic E-state index is 0.381. The third-order valence-corrected chi connectivity index (χ3v) is 5.88. The molecule has 1 saturated carbocycles. The standard InChI is InChI=1S/C13H27NOS/c1-5-11-6-7-12(14-4)13(8-11)16(15)9-10(2)3/h10-14H,5-9H2,1-4H3. The van der Waals surface area contributed by atoms with Crippen molar-refractivity contribution in [1.82, 2.24) is 5.32 Å². The van der Waals surface area contributed by atoms with E-state index in [0.29, 0.717) is 17.2 Å². The fraction of sp³-hybridized carbons (Fsp3) is 1.00. The minimum Gasteiger partial charge on any atom is -0.316 e. The van der Waals surface area contributed by atoms with Crippen molar-refractivity contribution in [3.8, 4) is 0 Å². The van der Waals surface area contributed by atoms with Gasteiger partial charge in [-0.2, -0.15) is 0 Å². The van der Waals surface area contributed by atoms with Crippen LogP contribution in [0.15, 0.2) is 0 Å². The molecule has 0 aromatic heterocycles. The predicted octanol–water partition coefficient (Wildman–Crippen LogP) is 2.56. The third-order valence-electron chi connectivity index (χ3n) is 3.68. The van der Waals surface area contributed by atoms with Crippen molar-refractivity contribution in [2.45, 2.75) is 57.7 Å². The van der Waals surface area contributed by atoms with Crippen molar-refractivity contribution >= 4 is 10.8 Å². The highest BCUT2D eigenvalue weighted by molar-refractivity contribution is 7.85. The SMILES string of the molecule is CCC1CCC(NC)C(S(=O)CC(C)C)C1. The molecule has 2 nitrogen and oxygen atoms in total. The Morgan fingerprint density at radius 3 is 2.56 bits per heavy atom. The van der Waals surface area contributed by atoms with Gasteiger partial charge < -0.3 is 5.32 Å². The molecule has 1 fully saturated rings. The van der Waals surface area contributed by atoms with E-state index in [9.17, 15) is 4.21 Å². The molecule has 4 atom stereocenters. The molecule has 0 aliphatic heterocycles. The molecule has 4 unspecified atom stereocenters. The zero-order valence-corrected chi connectivity index (χ0v) is 12.0. The van der Waals surface area contributed by atoms with Gasteiger partial charge in [0.25, 0.3) is 0 Å². The van der Waals surface area contributed by atoms with Gasteiger partial charge in [0.15, 0.2) is 0 Å². The quantitative estimate of drug-likeness (QED) is 0.806. The van der Waals surface area contributed by atoms with Gasteiger partial charge in [0.1, 0.15) is 0 Å². The molecule has 0 saturated heterocycles. The van der Waals surface area contributed by atoms with E-state index in [1.165, 1.54) is 19.3 Å². The molecule has 3 heteroatoms. The van der Waals surface area contributed by atoms with Crippen molar-refractivity contribution in [2.75, 3.05) is 12.8 Å². The van der Waals surface area contributed by atoms with Gasteiger partial charge in [0, 0.05) is 22.6 Å². The summed E-state index contributed by atoms with van der Waals surface area (Å²) in [5.41, 5.74) is 0. The maximum absolute atomic E-state index is 12.3. The van der Waals surface area contributed by atoms with Crippen LogP contribution in [0.3, 0.4) is 0 Å². The lowest BCUT2D eigenvalue weighted by Crippen LogP contribution is -2.45. The summed E-state index contributed by atoms with van der Waals surface area (Å²) in [7, 11) is 1.36. The molecule has 0 bridgehead atoms. The van der Waals surface area contributed by atoms with E-state index in [0.717, 1.165) is 18.1 Å². The Morgan fingerprint density at radius 2 is 2.06 bits per heavy atom. The van der Waals surface area contributed by atoms with E-state index in [1.54, 1.807) is 0 Å². The van der Waals surface area contributed by atoms with Gasteiger partial charge in [-0.1, -0.05) is 27.2 Å². The van der Waals surface area contributed by atoms with Gasteiger partial charge >= 0.3 is 0 Å². The van der Waals surface area contributed by atoms with E-state index in [2.05, 4.69) is 26.1 Å². The first-order chi connectivity index (χ1) is 7.58. The minimum atomic E-state index is -0.651. The molecule has 0 heterocycles. The number of nitrogens with one attached hydrogen (secondary N) is 1. The molecule has 0 spiro atoms. The van der Waals surface area contributed by atoms with Crippen LogP contribution in [0, 0.1) is 11.8 Å². The summed E-state index contributed by atoms with van der Waals surface area (Å²) in [6.07, 6.45) is 4.90. The van der Waals surface area contributed by atoms with Crippen LogP contribution in [-0.4, -0.2) is 28.3 Å². The Kier molecular flexibility index (Phi) is 5.98. The van der Waals surface area contributed by atoms with E-state index in [1.807, 2.05) is 7.05 Å². The number of hydrogen-bond acceptors (Lipinski definition) is 2. The highest BCUT2D eigenvalue weighted by Gasteiger charge is 2.32. The molecule has 0 aromatic carbocycles. The normalized spacial score (nSPS) is 32.9. The van der Waals surface area contributed by atoms with Crippen LogP contribution in [0.5, 0.6) is 0 Å². The molecular formula is C13H27NOS. The maximum atomic E-state index is 12.3. The highest BCUT2D eigenvalue weighted by Crippen LogP contribution is 2.30. The molecular weight excluding hydrogens is 218 g/mol. The molecule has 1 rings (SSSR count). The Morgan fingerprint density at radius 1 is 1.38 bits per heavy atom. The van der Waals surface area contributed by atoms with Gasteiger partial charge in [-0.15, -0.1) is 0 Å². The smallest absolute Gasteiger partial charge is 0.0503 e. The van der Waals surface area contributed by atoms with Crippen LogP contribution in [0.1, 0.15) is 46.5 Å². The largest absolute Gasteiger partial charge is 0.316 e. The van der Waals surface area contributed by atoms with Crippen molar-refractivity contribution in [3.05, 3.63) is 0 Å². The molecule has 0 aromatic rings. The molecule has 1 aliphatic carbocycles. The van der Waals surface area contributed by atoms with E-state index >= 15 is 0 Å². The van der Waals surface area contributed by atoms with Crippen LogP contribution < -0.4 is 5.32 Å². The Hall–Kier alpha value is 0.110. The molecule has 96 valence electrons. The fourth-order valence-electron chi connectivity index (χ4n) is 2.66. The zero-order chi connectivity index (χ0) is 12.1. The average Bonchev–Trinajstić information content (AvgIpc) is 2.27. The molecule has 0 radical (unpaired) electrons. The van der Waals surface area contributed by atoms with Crippen LogP contribution in [0.2, 0.25) is 0 Å². The lowest BCUT2D eigenvalue weighted by atomic mass is 9.84. The summed E-state index contributed by atoms with van der Waals surface area (Å²) in [5, 5.41) is 3.74. The Bertz CT molecular complexity index is 230. The second kappa shape index (κ2) is 6.75. The van der Waals surface area contributed by atoms with Crippen molar-refractivity contribution in [1.29, 1.82) is 0 Å². The zero-order valence-electron chi connectivity index (χ0n) is 11.2. The summed E-state index contributed by atoms with van der Waals surface area (Å²) in [5.74, 6) is 2.20. The average molecular weight is 245 g/mol. The summed E-state index contributed by atoms with van der Waals surface area (Å²) in [6.45, 7) is 6.58. The van der Waals surface area contributed by atoms with Gasteiger partial charge in [0.2, 0.25) is 0 Å². The van der Waals surface area contributed by atoms with Crippen molar-refractivity contribution in [2.24, 2.45) is 11.8 Å². The highest BCUT2D eigenvalue weighted by atomic mass is 32.2. The summed E-state index contributed by atoms with van der Waals surface area (Å²) in [6, 6.07) is 0.474. The predicted molar refractivity (Wildman–Crippen MR) is 72.1 cm³/mol. The van der Waals surface area contributed by atoms with Crippen molar-refractivity contribution in [3.63, 3.8) is 0 Å². The topological polar surface area (TPSA) is 29.1 Å². The first-order valence-electron chi connectivity index (χ1n) is 6.62. The van der Waals surface area contributed by atoms with E-state index in [4.69, 9.17) is 0 Å². The lowest BCUT2D eigenvalue weighted by molar-refractivity contribution is 0.300. The lowest BCUT2D eigenvalue weighted by Gasteiger charge is -2.35. The summed E-state index contributed by atoms with van der Waals surface area (Å²) in [4.78, 5) is 0. The van der Waals surface area contributed by atoms with E-state index < -0.39 is 10.8 Å². The second-order valence-electron chi connectivity index (χ2n) is 5.46. The number of hydrogen-bond donors (Lipinski definition) is 1. The van der Waals surface area contributed by atoms with Crippen LogP contribution in [-0.2, 0) is 10.8 Å². The summed E-state index contributed by atoms with van der Waals surface area (Å²) < 4.78 is 12.3. The first kappa shape index (κ1) is 14.2. The second-order valence-corrected chi connectivity index (χ2v) is 7.16. The molecule has 16 heavy (non-hydrogen) atoms. The van der Waals surface area contributed by atoms with Gasteiger partial charge in [0.05, 0.1) is 5.25 Å². The maximum Gasteiger partial charge on any atom is 0.0503 e. The van der Waals surface area contributed by atoms with Gasteiger partial charge in [-0.05, 0) is 38.1 Å². The Labute approximate surface area is 103 Å². The molecule has 1 N–H and O–H groups in total. The Balaban J connectivity index is 2.60. The third kappa shape index (κ3) is 3.85.